The number of rotatable bonds is 7. The van der Waals surface area contributed by atoms with Gasteiger partial charge in [-0.3, -0.25) is 4.79 Å². The van der Waals surface area contributed by atoms with E-state index in [2.05, 4.69) is 24.5 Å². The van der Waals surface area contributed by atoms with Crippen molar-refractivity contribution in [2.75, 3.05) is 25.5 Å². The smallest absolute Gasteiger partial charge is 0.222 e. The van der Waals surface area contributed by atoms with Crippen LogP contribution in [0.4, 0.5) is 5.69 Å². The normalized spacial score (nSPS) is 34.9. The number of ether oxygens (including phenoxy) is 3. The number of hydrogen-bond donors (Lipinski definition) is 2. The average molecular weight is 610 g/mol. The average Bonchev–Trinajstić information content (AvgIpc) is 3.22. The van der Waals surface area contributed by atoms with E-state index < -0.39 is 17.7 Å². The molecule has 1 spiro atoms. The van der Waals surface area contributed by atoms with Crippen molar-refractivity contribution >= 4 is 45.0 Å². The van der Waals surface area contributed by atoms with E-state index >= 15 is 0 Å². The number of anilines is 1. The van der Waals surface area contributed by atoms with E-state index in [0.717, 1.165) is 58.9 Å². The van der Waals surface area contributed by atoms with Crippen LogP contribution in [-0.2, 0) is 24.0 Å². The number of amides is 1. The third kappa shape index (κ3) is 4.93. The maximum atomic E-state index is 13.2. The van der Waals surface area contributed by atoms with E-state index in [0.29, 0.717) is 29.9 Å². The number of hydrogen-bond acceptors (Lipinski definition) is 8. The lowest BCUT2D eigenvalue weighted by atomic mass is 9.57. The molecule has 5 heterocycles. The second kappa shape index (κ2) is 11.0. The molecule has 1 amide bonds. The highest BCUT2D eigenvalue weighted by Crippen LogP contribution is 2.60. The number of halogens is 1. The summed E-state index contributed by atoms with van der Waals surface area (Å²) in [5.74, 6) is 1.01. The molecule has 2 bridgehead atoms. The standard InChI is InChI=1S/C33H40ClN3O6/c1-18-5-9-25-19(2)28(40-31-33(25)24(18)11-12-32(3,41-31)42-43-33)17-29(38)35-13-14-36-30-22-8-6-20(34)15-27(22)37-26-10-7-21(39-4)16-23(26)30/h6-8,10,15-16,18-19,24-25,28,31H,5,9,11-14,17H2,1-4H3,(H,35,38)(H,36,37)/t18-,19-,24+,25+,28-,31-,32+,33-/m1/s1. The monoisotopic (exact) mass is 609 g/mol. The van der Waals surface area contributed by atoms with Crippen molar-refractivity contribution in [3.8, 4) is 5.75 Å². The van der Waals surface area contributed by atoms with Gasteiger partial charge >= 0.3 is 0 Å². The summed E-state index contributed by atoms with van der Waals surface area (Å²) in [6.07, 6.45) is 3.36. The zero-order valence-corrected chi connectivity index (χ0v) is 25.9. The summed E-state index contributed by atoms with van der Waals surface area (Å²) in [4.78, 5) is 30.2. The van der Waals surface area contributed by atoms with E-state index in [4.69, 9.17) is 40.6 Å². The number of benzene rings is 2. The first-order valence-corrected chi connectivity index (χ1v) is 15.9. The van der Waals surface area contributed by atoms with Crippen molar-refractivity contribution in [3.05, 3.63) is 41.4 Å². The van der Waals surface area contributed by atoms with Gasteiger partial charge in [-0.25, -0.2) is 14.8 Å². The summed E-state index contributed by atoms with van der Waals surface area (Å²) in [6.45, 7) is 7.39. The largest absolute Gasteiger partial charge is 0.497 e. The van der Waals surface area contributed by atoms with Crippen molar-refractivity contribution < 1.29 is 28.8 Å². The van der Waals surface area contributed by atoms with Crippen molar-refractivity contribution in [2.24, 2.45) is 23.7 Å². The van der Waals surface area contributed by atoms with Gasteiger partial charge in [0.25, 0.3) is 0 Å². The molecule has 1 saturated carbocycles. The van der Waals surface area contributed by atoms with Gasteiger partial charge in [-0.2, -0.15) is 0 Å². The molecule has 5 aliphatic rings. The van der Waals surface area contributed by atoms with Gasteiger partial charge in [-0.05, 0) is 80.3 Å². The molecule has 0 unspecified atom stereocenters. The molecule has 1 aliphatic carbocycles. The number of aromatic nitrogens is 1. The number of carbonyl (C=O) groups is 1. The van der Waals surface area contributed by atoms with Crippen molar-refractivity contribution in [2.45, 2.75) is 76.7 Å². The Morgan fingerprint density at radius 3 is 2.74 bits per heavy atom. The Morgan fingerprint density at radius 1 is 1.05 bits per heavy atom. The highest BCUT2D eigenvalue weighted by Gasteiger charge is 2.69. The fraction of sp³-hybridized carbons (Fsp3) is 0.576. The molecule has 230 valence electrons. The predicted octanol–water partition coefficient (Wildman–Crippen LogP) is 6.22. The van der Waals surface area contributed by atoms with Gasteiger partial charge in [0.1, 0.15) is 5.75 Å². The Labute approximate surface area is 256 Å². The number of nitrogens with zero attached hydrogens (tertiary/aromatic N) is 1. The molecule has 3 aromatic rings. The molecule has 1 aromatic heterocycles. The van der Waals surface area contributed by atoms with Crippen LogP contribution in [0.5, 0.6) is 5.75 Å². The molecule has 2 aromatic carbocycles. The van der Waals surface area contributed by atoms with Crippen LogP contribution in [0.3, 0.4) is 0 Å². The molecule has 5 fully saturated rings. The molecule has 10 heteroatoms. The third-order valence-corrected chi connectivity index (χ3v) is 10.6. The van der Waals surface area contributed by atoms with Gasteiger partial charge in [0, 0.05) is 41.2 Å². The van der Waals surface area contributed by atoms with Gasteiger partial charge in [0.2, 0.25) is 11.7 Å². The third-order valence-electron chi connectivity index (χ3n) is 10.4. The maximum Gasteiger partial charge on any atom is 0.222 e. The predicted molar refractivity (Wildman–Crippen MR) is 164 cm³/mol. The van der Waals surface area contributed by atoms with Crippen LogP contribution in [-0.4, -0.2) is 54.9 Å². The fourth-order valence-corrected chi connectivity index (χ4v) is 8.24. The van der Waals surface area contributed by atoms with Crippen LogP contribution >= 0.6 is 11.6 Å². The first-order chi connectivity index (χ1) is 20.7. The molecule has 8 rings (SSSR count). The molecule has 43 heavy (non-hydrogen) atoms. The quantitative estimate of drug-likeness (QED) is 0.185. The number of fused-ring (bicyclic) bond motifs is 4. The summed E-state index contributed by atoms with van der Waals surface area (Å²) in [6, 6.07) is 11.5. The molecule has 4 aliphatic heterocycles. The van der Waals surface area contributed by atoms with Gasteiger partial charge < -0.3 is 24.8 Å². The van der Waals surface area contributed by atoms with E-state index in [1.807, 2.05) is 43.3 Å². The van der Waals surface area contributed by atoms with Gasteiger partial charge in [0.05, 0.1) is 36.4 Å². The van der Waals surface area contributed by atoms with Crippen LogP contribution in [0.2, 0.25) is 5.02 Å². The Bertz CT molecular complexity index is 1550. The summed E-state index contributed by atoms with van der Waals surface area (Å²) < 4.78 is 18.5. The van der Waals surface area contributed by atoms with E-state index in [1.54, 1.807) is 7.11 Å². The molecule has 4 saturated heterocycles. The van der Waals surface area contributed by atoms with Crippen molar-refractivity contribution in [1.82, 2.24) is 10.3 Å². The van der Waals surface area contributed by atoms with Crippen molar-refractivity contribution in [3.63, 3.8) is 0 Å². The molecule has 9 nitrogen and oxygen atoms in total. The number of pyridine rings is 1. The summed E-state index contributed by atoms with van der Waals surface area (Å²) in [5.41, 5.74) is 1.94. The Kier molecular flexibility index (Phi) is 7.45. The zero-order chi connectivity index (χ0) is 29.9. The molecule has 2 N–H and O–H groups in total. The zero-order valence-electron chi connectivity index (χ0n) is 25.2. The Balaban J connectivity index is 1.03. The maximum absolute atomic E-state index is 13.2. The van der Waals surface area contributed by atoms with E-state index in [1.165, 1.54) is 0 Å². The highest BCUT2D eigenvalue weighted by molar-refractivity contribution is 6.31. The van der Waals surface area contributed by atoms with Gasteiger partial charge in [-0.15, -0.1) is 0 Å². The lowest BCUT2D eigenvalue weighted by molar-refractivity contribution is -0.570. The summed E-state index contributed by atoms with van der Waals surface area (Å²) in [7, 11) is 1.65. The van der Waals surface area contributed by atoms with Crippen LogP contribution in [0, 0.1) is 23.7 Å². The second-order valence-corrected chi connectivity index (χ2v) is 13.4. The van der Waals surface area contributed by atoms with Crippen molar-refractivity contribution in [1.29, 1.82) is 0 Å². The minimum absolute atomic E-state index is 0.0459. The van der Waals surface area contributed by atoms with Gasteiger partial charge in [0.15, 0.2) is 11.9 Å². The second-order valence-electron chi connectivity index (χ2n) is 13.0. The lowest BCUT2D eigenvalue weighted by Gasteiger charge is -2.60. The SMILES string of the molecule is COc1ccc2nc3cc(Cl)ccc3c(NCCNC(=O)C[C@H]3O[C@@H]4O[C@]5(C)CC[C@H]6[C@H](C)CC[C@@H]([C@H]3C)[C@@]46OO5)c2c1. The fourth-order valence-electron chi connectivity index (χ4n) is 8.07. The van der Waals surface area contributed by atoms with Crippen LogP contribution in [0.25, 0.3) is 21.8 Å². The first-order valence-electron chi connectivity index (χ1n) is 15.5. The highest BCUT2D eigenvalue weighted by atomic mass is 35.5. The minimum Gasteiger partial charge on any atom is -0.497 e. The Morgan fingerprint density at radius 2 is 1.91 bits per heavy atom. The van der Waals surface area contributed by atoms with Crippen LogP contribution in [0.1, 0.15) is 52.9 Å². The van der Waals surface area contributed by atoms with Gasteiger partial charge in [-0.1, -0.05) is 25.4 Å². The van der Waals surface area contributed by atoms with E-state index in [-0.39, 0.29) is 30.3 Å². The van der Waals surface area contributed by atoms with Crippen LogP contribution in [0.15, 0.2) is 36.4 Å². The topological polar surface area (TPSA) is 100 Å². The first kappa shape index (κ1) is 29.0. The number of methoxy groups -OCH3 is 1. The molecule has 8 atom stereocenters. The Hall–Kier alpha value is -2.69. The molecule has 0 radical (unpaired) electrons. The summed E-state index contributed by atoms with van der Waals surface area (Å²) >= 11 is 6.27. The minimum atomic E-state index is -0.826. The molecular formula is C33H40ClN3O6. The lowest BCUT2D eigenvalue weighted by Crippen LogP contribution is -2.70. The summed E-state index contributed by atoms with van der Waals surface area (Å²) in [5, 5.41) is 9.15. The number of nitrogens with one attached hydrogen (secondary N) is 2. The number of carbonyl (C=O) groups excluding carboxylic acids is 1. The van der Waals surface area contributed by atoms with E-state index in [9.17, 15) is 4.79 Å². The van der Waals surface area contributed by atoms with Crippen LogP contribution < -0.4 is 15.4 Å². The molecular weight excluding hydrogens is 570 g/mol.